The number of ether oxygens (including phenoxy) is 1. The first-order valence-electron chi connectivity index (χ1n) is 6.65. The third-order valence-corrected chi connectivity index (χ3v) is 4.29. The molecule has 0 unspecified atom stereocenters. The van der Waals surface area contributed by atoms with Crippen LogP contribution in [0, 0.1) is 13.8 Å². The Labute approximate surface area is 151 Å². The Bertz CT molecular complexity index is 664. The number of aryl methyl sites for hydroxylation is 1. The molecule has 0 aliphatic rings. The van der Waals surface area contributed by atoms with Crippen LogP contribution in [0.3, 0.4) is 0 Å². The van der Waals surface area contributed by atoms with Gasteiger partial charge in [-0.2, -0.15) is 4.57 Å². The number of rotatable bonds is 5. The van der Waals surface area contributed by atoms with Gasteiger partial charge in [-0.05, 0) is 6.92 Å². The summed E-state index contributed by atoms with van der Waals surface area (Å²) in [6.45, 7) is 6.33. The van der Waals surface area contributed by atoms with Gasteiger partial charge in [0.05, 0.1) is 17.0 Å². The van der Waals surface area contributed by atoms with E-state index in [9.17, 15) is 4.79 Å². The Morgan fingerprint density at radius 1 is 1.43 bits per heavy atom. The molecule has 2 heterocycles. The summed E-state index contributed by atoms with van der Waals surface area (Å²) in [6, 6.07) is 0. The highest BCUT2D eigenvalue weighted by molar-refractivity contribution is 7.09. The van der Waals surface area contributed by atoms with Crippen molar-refractivity contribution in [3.05, 3.63) is 33.7 Å². The summed E-state index contributed by atoms with van der Waals surface area (Å²) < 4.78 is 7.09. The molecule has 2 aromatic rings. The smallest absolute Gasteiger partial charge is 0.302 e. The van der Waals surface area contributed by atoms with Crippen LogP contribution in [0.15, 0.2) is 11.7 Å². The number of nitrogen functional groups attached to an aromatic ring is 1. The second-order valence-electron chi connectivity index (χ2n) is 4.78. The summed E-state index contributed by atoms with van der Waals surface area (Å²) >= 11 is 1.65. The molecule has 0 aromatic carbocycles. The maximum Gasteiger partial charge on any atom is 0.302 e. The molecule has 2 aromatic heterocycles. The summed E-state index contributed by atoms with van der Waals surface area (Å²) in [5.41, 5.74) is 10.0. The van der Waals surface area contributed by atoms with Gasteiger partial charge in [-0.1, -0.05) is 11.3 Å². The lowest BCUT2D eigenvalue weighted by atomic mass is 10.2. The third kappa shape index (κ3) is 5.93. The van der Waals surface area contributed by atoms with Gasteiger partial charge in [0.1, 0.15) is 11.6 Å². The quantitative estimate of drug-likeness (QED) is 0.511. The number of nitrogens with zero attached hydrogens (tertiary/aromatic N) is 3. The fraction of sp³-hybridized carbons (Fsp3) is 0.429. The van der Waals surface area contributed by atoms with Crippen LogP contribution in [0.2, 0.25) is 0 Å². The maximum absolute atomic E-state index is 10.8. The van der Waals surface area contributed by atoms with Crippen LogP contribution in [0.25, 0.3) is 0 Å². The number of carbonyl (C=O) groups is 1. The molecule has 23 heavy (non-hydrogen) atoms. The van der Waals surface area contributed by atoms with E-state index in [4.69, 9.17) is 10.5 Å². The maximum atomic E-state index is 10.8. The van der Waals surface area contributed by atoms with Gasteiger partial charge < -0.3 is 22.9 Å². The first kappa shape index (κ1) is 21.6. The molecule has 0 spiro atoms. The zero-order valence-electron chi connectivity index (χ0n) is 13.2. The summed E-state index contributed by atoms with van der Waals surface area (Å²) in [6.07, 6.45) is 2.49. The van der Waals surface area contributed by atoms with Crippen molar-refractivity contribution in [2.45, 2.75) is 33.7 Å². The molecular formula is C14H20Cl2N4O2S. The monoisotopic (exact) mass is 378 g/mol. The molecule has 0 aliphatic carbocycles. The zero-order valence-corrected chi connectivity index (χ0v) is 15.6. The van der Waals surface area contributed by atoms with Gasteiger partial charge in [0, 0.05) is 26.5 Å². The fourth-order valence-corrected chi connectivity index (χ4v) is 2.93. The lowest BCUT2D eigenvalue weighted by molar-refractivity contribution is -0.689. The van der Waals surface area contributed by atoms with E-state index in [2.05, 4.69) is 14.5 Å². The number of halogens is 2. The Morgan fingerprint density at radius 3 is 2.74 bits per heavy atom. The molecule has 0 aliphatic heterocycles. The van der Waals surface area contributed by atoms with Crippen LogP contribution >= 0.6 is 23.7 Å². The number of aromatic nitrogens is 3. The average molecular weight is 379 g/mol. The number of hydrogen-bond donors (Lipinski definition) is 1. The molecule has 2 N–H and O–H groups in total. The first-order chi connectivity index (χ1) is 9.97. The van der Waals surface area contributed by atoms with Crippen LogP contribution in [-0.2, 0) is 22.5 Å². The van der Waals surface area contributed by atoms with Gasteiger partial charge in [-0.25, -0.2) is 9.97 Å². The van der Waals surface area contributed by atoms with E-state index < -0.39 is 0 Å². The second-order valence-corrected chi connectivity index (χ2v) is 5.72. The molecule has 128 valence electrons. The highest BCUT2D eigenvalue weighted by atomic mass is 35.5. The minimum Gasteiger partial charge on any atom is -1.00 e. The SMILES string of the molecule is CC(=O)OCCc1sc[n+](Cc2cnc(C)nc2N)c1C.Cl.[Cl-]. The number of nitrogens with two attached hydrogens (primary N) is 1. The second kappa shape index (κ2) is 9.64. The van der Waals surface area contributed by atoms with Crippen molar-refractivity contribution in [3.8, 4) is 0 Å². The van der Waals surface area contributed by atoms with Gasteiger partial charge in [0.15, 0.2) is 12.2 Å². The number of carbonyl (C=O) groups excluding carboxylic acids is 1. The molecule has 2 rings (SSSR count). The van der Waals surface area contributed by atoms with Crippen LogP contribution in [0.5, 0.6) is 0 Å². The fourth-order valence-electron chi connectivity index (χ4n) is 1.95. The molecule has 0 amide bonds. The van der Waals surface area contributed by atoms with Crippen molar-refractivity contribution >= 4 is 35.5 Å². The van der Waals surface area contributed by atoms with Gasteiger partial charge in [-0.15, -0.1) is 12.4 Å². The van der Waals surface area contributed by atoms with E-state index in [1.165, 1.54) is 11.8 Å². The summed E-state index contributed by atoms with van der Waals surface area (Å²) in [4.78, 5) is 20.3. The Hall–Kier alpha value is -1.44. The number of esters is 1. The highest BCUT2D eigenvalue weighted by Crippen LogP contribution is 2.14. The van der Waals surface area contributed by atoms with Gasteiger partial charge >= 0.3 is 5.97 Å². The largest absolute Gasteiger partial charge is 1.00 e. The van der Waals surface area contributed by atoms with Crippen molar-refractivity contribution in [3.63, 3.8) is 0 Å². The first-order valence-corrected chi connectivity index (χ1v) is 7.53. The molecule has 6 nitrogen and oxygen atoms in total. The third-order valence-electron chi connectivity index (χ3n) is 3.15. The van der Waals surface area contributed by atoms with Gasteiger partial charge in [0.2, 0.25) is 5.51 Å². The van der Waals surface area contributed by atoms with Gasteiger partial charge in [0.25, 0.3) is 0 Å². The summed E-state index contributed by atoms with van der Waals surface area (Å²) in [7, 11) is 0. The Kier molecular flexibility index (Phi) is 9.04. The van der Waals surface area contributed by atoms with Crippen molar-refractivity contribution in [1.82, 2.24) is 9.97 Å². The molecule has 0 atom stereocenters. The van der Waals surface area contributed by atoms with Crippen LogP contribution in [-0.4, -0.2) is 22.5 Å². The summed E-state index contributed by atoms with van der Waals surface area (Å²) in [5.74, 6) is 0.939. The van der Waals surface area contributed by atoms with E-state index in [0.717, 1.165) is 17.7 Å². The number of anilines is 1. The molecule has 0 saturated carbocycles. The minimum absolute atomic E-state index is 0. The molecule has 0 bridgehead atoms. The van der Waals surface area contributed by atoms with Crippen molar-refractivity contribution in [1.29, 1.82) is 0 Å². The predicted octanol–water partition coefficient (Wildman–Crippen LogP) is -1.40. The average Bonchev–Trinajstić information content (AvgIpc) is 2.74. The van der Waals surface area contributed by atoms with Crippen LogP contribution in [0.4, 0.5) is 5.82 Å². The minimum atomic E-state index is -0.248. The molecular weight excluding hydrogens is 359 g/mol. The molecule has 9 heteroatoms. The van der Waals surface area contributed by atoms with E-state index >= 15 is 0 Å². The van der Waals surface area contributed by atoms with Crippen LogP contribution < -0.4 is 22.7 Å². The summed E-state index contributed by atoms with van der Waals surface area (Å²) in [5, 5.41) is 0. The molecule has 0 radical (unpaired) electrons. The normalized spacial score (nSPS) is 9.70. The molecule has 0 fully saturated rings. The van der Waals surface area contributed by atoms with E-state index in [1.54, 1.807) is 17.5 Å². The topological polar surface area (TPSA) is 82.0 Å². The van der Waals surface area contributed by atoms with E-state index in [-0.39, 0.29) is 30.8 Å². The Balaban J connectivity index is 0.00000242. The van der Waals surface area contributed by atoms with Crippen LogP contribution in [0.1, 0.15) is 28.9 Å². The zero-order chi connectivity index (χ0) is 15.4. The van der Waals surface area contributed by atoms with Crippen molar-refractivity contribution in [2.24, 2.45) is 0 Å². The van der Waals surface area contributed by atoms with Crippen molar-refractivity contribution in [2.75, 3.05) is 12.3 Å². The Morgan fingerprint density at radius 2 is 2.13 bits per heavy atom. The van der Waals surface area contributed by atoms with Gasteiger partial charge in [-0.3, -0.25) is 4.79 Å². The standard InChI is InChI=1S/C14H19N4O2S.2ClH/c1-9-13(4-5-20-11(3)19)21-8-18(9)7-12-6-16-10(2)17-14(12)15;;/h6,8H,4-5,7H2,1-3H3,(H2,15,16,17);2*1H/q+1;;/p-1. The molecule has 0 saturated heterocycles. The lowest BCUT2D eigenvalue weighted by Crippen LogP contribution is -3.00. The predicted molar refractivity (Wildman–Crippen MR) is 87.1 cm³/mol. The number of thiazole rings is 1. The van der Waals surface area contributed by atoms with Crippen molar-refractivity contribution < 1.29 is 26.5 Å². The van der Waals surface area contributed by atoms with E-state index in [1.807, 2.05) is 19.4 Å². The highest BCUT2D eigenvalue weighted by Gasteiger charge is 2.17. The van der Waals surface area contributed by atoms with E-state index in [0.29, 0.717) is 24.8 Å². The number of hydrogen-bond acceptors (Lipinski definition) is 6. The lowest BCUT2D eigenvalue weighted by Gasteiger charge is -2.02.